The van der Waals surface area contributed by atoms with E-state index in [9.17, 15) is 4.79 Å². The molecule has 4 nitrogen and oxygen atoms in total. The zero-order valence-corrected chi connectivity index (χ0v) is 10.2. The summed E-state index contributed by atoms with van der Waals surface area (Å²) in [4.78, 5) is 13.3. The lowest BCUT2D eigenvalue weighted by molar-refractivity contribution is -0.137. The molecule has 0 aliphatic carbocycles. The van der Waals surface area contributed by atoms with Gasteiger partial charge in [-0.2, -0.15) is 0 Å². The van der Waals surface area contributed by atoms with Crippen LogP contribution in [0.5, 0.6) is 0 Å². The minimum absolute atomic E-state index is 0.262. The molecule has 0 amide bonds. The van der Waals surface area contributed by atoms with E-state index in [1.54, 1.807) is 6.92 Å². The van der Waals surface area contributed by atoms with Gasteiger partial charge in [-0.3, -0.25) is 0 Å². The lowest BCUT2D eigenvalue weighted by Crippen LogP contribution is -2.35. The van der Waals surface area contributed by atoms with Crippen molar-refractivity contribution >= 4 is 5.97 Å². The molecule has 0 aromatic carbocycles. The molecule has 1 aliphatic heterocycles. The van der Waals surface area contributed by atoms with Crippen molar-refractivity contribution in [3.63, 3.8) is 0 Å². The van der Waals surface area contributed by atoms with Crippen molar-refractivity contribution in [2.45, 2.75) is 25.8 Å². The molecular formula is C12H22N2O2. The highest BCUT2D eigenvalue weighted by atomic mass is 16.5. The Morgan fingerprint density at radius 2 is 2.44 bits per heavy atom. The average Bonchev–Trinajstić information content (AvgIpc) is 2.64. The number of ether oxygens (including phenoxy) is 1. The van der Waals surface area contributed by atoms with E-state index < -0.39 is 0 Å². The summed E-state index contributed by atoms with van der Waals surface area (Å²) in [6.45, 7) is 5.15. The molecule has 0 saturated carbocycles. The predicted molar refractivity (Wildman–Crippen MR) is 64.3 cm³/mol. The van der Waals surface area contributed by atoms with Gasteiger partial charge in [-0.05, 0) is 33.4 Å². The molecule has 1 unspecified atom stereocenters. The largest absolute Gasteiger partial charge is 0.463 e. The van der Waals surface area contributed by atoms with Crippen LogP contribution in [0.15, 0.2) is 12.2 Å². The van der Waals surface area contributed by atoms with Crippen molar-refractivity contribution < 1.29 is 9.53 Å². The van der Waals surface area contributed by atoms with Gasteiger partial charge in [-0.25, -0.2) is 4.79 Å². The molecule has 0 aromatic heterocycles. The first-order valence-electron chi connectivity index (χ1n) is 5.98. The van der Waals surface area contributed by atoms with Gasteiger partial charge in [0.15, 0.2) is 0 Å². The highest BCUT2D eigenvalue weighted by Gasteiger charge is 2.19. The predicted octanol–water partition coefficient (Wildman–Crippen LogP) is 0.790. The van der Waals surface area contributed by atoms with E-state index in [0.717, 1.165) is 13.1 Å². The van der Waals surface area contributed by atoms with E-state index in [2.05, 4.69) is 17.3 Å². The quantitative estimate of drug-likeness (QED) is 0.413. The second-order valence-corrected chi connectivity index (χ2v) is 4.09. The van der Waals surface area contributed by atoms with E-state index >= 15 is 0 Å². The first kappa shape index (κ1) is 13.2. The number of likely N-dealkylation sites (tertiary alicyclic amines) is 1. The maximum absolute atomic E-state index is 11.0. The normalized spacial score (nSPS) is 21.8. The van der Waals surface area contributed by atoms with Crippen LogP contribution in [-0.2, 0) is 9.53 Å². The summed E-state index contributed by atoms with van der Waals surface area (Å²) < 4.78 is 4.78. The van der Waals surface area contributed by atoms with Crippen LogP contribution in [0, 0.1) is 0 Å². The minimum atomic E-state index is -0.262. The van der Waals surface area contributed by atoms with Crippen LogP contribution >= 0.6 is 0 Å². The molecule has 1 fully saturated rings. The van der Waals surface area contributed by atoms with Gasteiger partial charge in [-0.1, -0.05) is 6.08 Å². The van der Waals surface area contributed by atoms with Crippen molar-refractivity contribution in [2.24, 2.45) is 0 Å². The molecule has 0 aromatic rings. The Balaban J connectivity index is 2.05. The van der Waals surface area contributed by atoms with E-state index in [0.29, 0.717) is 12.6 Å². The van der Waals surface area contributed by atoms with Gasteiger partial charge in [-0.15, -0.1) is 0 Å². The second kappa shape index (κ2) is 7.41. The molecule has 1 atom stereocenters. The second-order valence-electron chi connectivity index (χ2n) is 4.09. The standard InChI is InChI=1S/C12H22N2O2/c1-3-16-12(15)7-4-8-13-10-11-6-5-9-14(11)2/h4,7,11,13H,3,5-6,8-10H2,1-2H3/b7-4+. The Morgan fingerprint density at radius 3 is 3.06 bits per heavy atom. The number of rotatable bonds is 6. The van der Waals surface area contributed by atoms with Crippen LogP contribution in [0.4, 0.5) is 0 Å². The number of nitrogens with zero attached hydrogens (tertiary/aromatic N) is 1. The van der Waals surface area contributed by atoms with Crippen molar-refractivity contribution in [1.29, 1.82) is 0 Å². The van der Waals surface area contributed by atoms with Gasteiger partial charge in [0.05, 0.1) is 6.61 Å². The SMILES string of the molecule is CCOC(=O)/C=C/CNCC1CCCN1C. The smallest absolute Gasteiger partial charge is 0.330 e. The third kappa shape index (κ3) is 4.77. The van der Waals surface area contributed by atoms with Crippen LogP contribution in [0.3, 0.4) is 0 Å². The molecule has 1 saturated heterocycles. The highest BCUT2D eigenvalue weighted by Crippen LogP contribution is 2.13. The molecule has 1 rings (SSSR count). The van der Waals surface area contributed by atoms with Gasteiger partial charge in [0.1, 0.15) is 0 Å². The van der Waals surface area contributed by atoms with Crippen LogP contribution in [0.1, 0.15) is 19.8 Å². The molecule has 0 spiro atoms. The lowest BCUT2D eigenvalue weighted by atomic mass is 10.2. The van der Waals surface area contributed by atoms with E-state index in [1.165, 1.54) is 25.5 Å². The molecule has 1 aliphatic rings. The van der Waals surface area contributed by atoms with Crippen molar-refractivity contribution in [3.8, 4) is 0 Å². The number of nitrogens with one attached hydrogen (secondary N) is 1. The molecule has 4 heteroatoms. The molecule has 1 N–H and O–H groups in total. The maximum atomic E-state index is 11.0. The summed E-state index contributed by atoms with van der Waals surface area (Å²) in [5, 5.41) is 3.32. The van der Waals surface area contributed by atoms with E-state index in [-0.39, 0.29) is 5.97 Å². The number of hydrogen-bond donors (Lipinski definition) is 1. The Labute approximate surface area is 97.6 Å². The Hall–Kier alpha value is -0.870. The average molecular weight is 226 g/mol. The molecule has 0 bridgehead atoms. The molecule has 1 heterocycles. The van der Waals surface area contributed by atoms with Crippen LogP contribution in [-0.4, -0.2) is 50.2 Å². The minimum Gasteiger partial charge on any atom is -0.463 e. The number of esters is 1. The zero-order chi connectivity index (χ0) is 11.8. The van der Waals surface area contributed by atoms with E-state index in [1.807, 2.05) is 6.08 Å². The lowest BCUT2D eigenvalue weighted by Gasteiger charge is -2.19. The number of hydrogen-bond acceptors (Lipinski definition) is 4. The summed E-state index contributed by atoms with van der Waals surface area (Å²) in [5.74, 6) is -0.262. The van der Waals surface area contributed by atoms with Gasteiger partial charge in [0.2, 0.25) is 0 Å². The first-order chi connectivity index (χ1) is 7.74. The number of carbonyl (C=O) groups is 1. The van der Waals surface area contributed by atoms with Gasteiger partial charge >= 0.3 is 5.97 Å². The summed E-state index contributed by atoms with van der Waals surface area (Å²) in [7, 11) is 2.16. The summed E-state index contributed by atoms with van der Waals surface area (Å²) in [6.07, 6.45) is 5.86. The molecular weight excluding hydrogens is 204 g/mol. The zero-order valence-electron chi connectivity index (χ0n) is 10.2. The molecule has 16 heavy (non-hydrogen) atoms. The van der Waals surface area contributed by atoms with Crippen LogP contribution in [0.2, 0.25) is 0 Å². The number of likely N-dealkylation sites (N-methyl/N-ethyl adjacent to an activating group) is 1. The summed E-state index contributed by atoms with van der Waals surface area (Å²) in [6, 6.07) is 0.649. The van der Waals surface area contributed by atoms with Gasteiger partial charge in [0.25, 0.3) is 0 Å². The van der Waals surface area contributed by atoms with Gasteiger partial charge < -0.3 is 15.0 Å². The van der Waals surface area contributed by atoms with E-state index in [4.69, 9.17) is 4.74 Å². The Bertz CT molecular complexity index is 241. The Kier molecular flexibility index (Phi) is 6.11. The molecule has 92 valence electrons. The monoisotopic (exact) mass is 226 g/mol. The third-order valence-electron chi connectivity index (χ3n) is 2.85. The maximum Gasteiger partial charge on any atom is 0.330 e. The summed E-state index contributed by atoms with van der Waals surface area (Å²) >= 11 is 0. The molecule has 0 radical (unpaired) electrons. The summed E-state index contributed by atoms with van der Waals surface area (Å²) in [5.41, 5.74) is 0. The van der Waals surface area contributed by atoms with Crippen molar-refractivity contribution in [1.82, 2.24) is 10.2 Å². The first-order valence-corrected chi connectivity index (χ1v) is 5.98. The van der Waals surface area contributed by atoms with Crippen LogP contribution < -0.4 is 5.32 Å². The highest BCUT2D eigenvalue weighted by molar-refractivity contribution is 5.81. The number of carbonyl (C=O) groups excluding carboxylic acids is 1. The van der Waals surface area contributed by atoms with Crippen molar-refractivity contribution in [3.05, 3.63) is 12.2 Å². The topological polar surface area (TPSA) is 41.6 Å². The van der Waals surface area contributed by atoms with Crippen molar-refractivity contribution in [2.75, 3.05) is 33.3 Å². The fourth-order valence-electron chi connectivity index (χ4n) is 1.92. The van der Waals surface area contributed by atoms with Gasteiger partial charge in [0, 0.05) is 25.2 Å². The fourth-order valence-corrected chi connectivity index (χ4v) is 1.92. The third-order valence-corrected chi connectivity index (χ3v) is 2.85. The fraction of sp³-hybridized carbons (Fsp3) is 0.750. The Morgan fingerprint density at radius 1 is 1.62 bits per heavy atom. The van der Waals surface area contributed by atoms with Crippen LogP contribution in [0.25, 0.3) is 0 Å².